The van der Waals surface area contributed by atoms with Crippen LogP contribution in [0.1, 0.15) is 11.8 Å². The van der Waals surface area contributed by atoms with E-state index in [4.69, 9.17) is 24.0 Å². The molecule has 2 saturated heterocycles. The van der Waals surface area contributed by atoms with Gasteiger partial charge in [-0.25, -0.2) is 4.79 Å². The van der Waals surface area contributed by atoms with Crippen LogP contribution in [0.2, 0.25) is 0 Å². The highest BCUT2D eigenvalue weighted by atomic mass is 31.2. The van der Waals surface area contributed by atoms with Crippen LogP contribution in [0.25, 0.3) is 0 Å². The summed E-state index contributed by atoms with van der Waals surface area (Å²) >= 11 is 0. The summed E-state index contributed by atoms with van der Waals surface area (Å²) in [4.78, 5) is 43.8. The number of aromatic nitrogens is 2. The maximum Gasteiger partial charge on any atom is 0.381 e. The Hall–Kier alpha value is -1.33. The van der Waals surface area contributed by atoms with E-state index < -0.39 is 56.0 Å². The van der Waals surface area contributed by atoms with E-state index >= 15 is 0 Å². The van der Waals surface area contributed by atoms with Gasteiger partial charge in [-0.15, -0.1) is 0 Å². The molecule has 2 fully saturated rings. The molecule has 128 valence electrons. The molecule has 1 aromatic heterocycles. The Balaban J connectivity index is 1.98. The number of aromatic amines is 1. The molecule has 0 bridgehead atoms. The summed E-state index contributed by atoms with van der Waals surface area (Å²) in [5.41, 5.74) is -1.09. The summed E-state index contributed by atoms with van der Waals surface area (Å²) in [5.74, 6) is 0. The third kappa shape index (κ3) is 2.81. The van der Waals surface area contributed by atoms with Crippen molar-refractivity contribution in [3.8, 4) is 0 Å². The van der Waals surface area contributed by atoms with Gasteiger partial charge in [0.2, 0.25) is 0 Å². The normalized spacial score (nSPS) is 33.8. The summed E-state index contributed by atoms with van der Waals surface area (Å²) in [7, 11) is -4.68. The van der Waals surface area contributed by atoms with E-state index in [0.717, 1.165) is 4.57 Å². The molecule has 0 saturated carbocycles. The van der Waals surface area contributed by atoms with Gasteiger partial charge < -0.3 is 29.1 Å². The van der Waals surface area contributed by atoms with Crippen LogP contribution in [0.4, 0.5) is 0 Å². The predicted molar refractivity (Wildman–Crippen MR) is 72.6 cm³/mol. The minimum Gasteiger partial charge on any atom is -0.394 e. The van der Waals surface area contributed by atoms with Crippen LogP contribution in [-0.2, 0) is 18.8 Å². The molecule has 0 aromatic carbocycles. The van der Waals surface area contributed by atoms with Gasteiger partial charge in [0.1, 0.15) is 18.3 Å². The molecule has 2 aliphatic heterocycles. The number of ether oxygens (including phenoxy) is 3. The molecule has 5 atom stereocenters. The van der Waals surface area contributed by atoms with E-state index in [9.17, 15) is 19.3 Å². The van der Waals surface area contributed by atoms with E-state index in [0.29, 0.717) is 0 Å². The van der Waals surface area contributed by atoms with E-state index in [2.05, 4.69) is 4.98 Å². The molecule has 0 radical (unpaired) electrons. The average Bonchev–Trinajstić information content (AvgIpc) is 3.01. The van der Waals surface area contributed by atoms with Gasteiger partial charge in [-0.1, -0.05) is 0 Å². The Kier molecular flexibility index (Phi) is 4.05. The summed E-state index contributed by atoms with van der Waals surface area (Å²) in [6, 6.07) is -1.79. The van der Waals surface area contributed by atoms with Crippen molar-refractivity contribution in [2.45, 2.75) is 37.5 Å². The van der Waals surface area contributed by atoms with Crippen LogP contribution in [0, 0.1) is 6.92 Å². The van der Waals surface area contributed by atoms with Gasteiger partial charge in [-0.2, -0.15) is 0 Å². The molecule has 3 heterocycles. The quantitative estimate of drug-likeness (QED) is 0.451. The molecule has 0 spiro atoms. The highest BCUT2D eigenvalue weighted by Gasteiger charge is 2.57. The fraction of sp³-hybridized carbons (Fsp3) is 0.636. The number of H-pyrrole nitrogens is 1. The largest absolute Gasteiger partial charge is 0.394 e. The molecule has 12 heteroatoms. The van der Waals surface area contributed by atoms with Crippen molar-refractivity contribution < 1.29 is 33.7 Å². The number of nitrogens with zero attached hydrogens (tertiary/aromatic N) is 1. The zero-order chi connectivity index (χ0) is 16.9. The number of hydrogen-bond donors (Lipinski definition) is 4. The standard InChI is InChI=1S/C11H15N2O9P/c1-4-2-13(10(16)12-8(4)15)9-7-6(5(3-14)20-9)21-11(22-7)23(17,18)19/h2,5-7,9,11,14H,3H2,1H3,(H,12,15,16)(H2,17,18,19). The number of rotatable bonds is 3. The van der Waals surface area contributed by atoms with Gasteiger partial charge in [-0.3, -0.25) is 18.9 Å². The Morgan fingerprint density at radius 2 is 1.91 bits per heavy atom. The minimum absolute atomic E-state index is 0.239. The number of hydrogen-bond acceptors (Lipinski definition) is 7. The minimum atomic E-state index is -4.68. The second kappa shape index (κ2) is 5.64. The van der Waals surface area contributed by atoms with Crippen molar-refractivity contribution in [1.82, 2.24) is 9.55 Å². The maximum atomic E-state index is 12.0. The van der Waals surface area contributed by atoms with Crippen LogP contribution in [0.15, 0.2) is 15.8 Å². The van der Waals surface area contributed by atoms with Crippen molar-refractivity contribution in [3.63, 3.8) is 0 Å². The van der Waals surface area contributed by atoms with Crippen molar-refractivity contribution in [2.24, 2.45) is 0 Å². The number of aryl methyl sites for hydroxylation is 1. The van der Waals surface area contributed by atoms with Gasteiger partial charge in [0.25, 0.3) is 11.6 Å². The number of fused-ring (bicyclic) bond motifs is 1. The Morgan fingerprint density at radius 1 is 1.26 bits per heavy atom. The topological polar surface area (TPSA) is 160 Å². The van der Waals surface area contributed by atoms with E-state index in [-0.39, 0.29) is 5.56 Å². The first kappa shape index (κ1) is 16.5. The van der Waals surface area contributed by atoms with Crippen LogP contribution in [0.5, 0.6) is 0 Å². The zero-order valence-corrected chi connectivity index (χ0v) is 12.8. The van der Waals surface area contributed by atoms with Crippen molar-refractivity contribution in [2.75, 3.05) is 6.61 Å². The van der Waals surface area contributed by atoms with Crippen molar-refractivity contribution in [3.05, 3.63) is 32.6 Å². The number of aliphatic hydroxyl groups excluding tert-OH is 1. The van der Waals surface area contributed by atoms with Crippen LogP contribution >= 0.6 is 7.60 Å². The van der Waals surface area contributed by atoms with Crippen LogP contribution in [-0.4, -0.2) is 55.4 Å². The lowest BCUT2D eigenvalue weighted by molar-refractivity contribution is -0.130. The molecule has 11 nitrogen and oxygen atoms in total. The summed E-state index contributed by atoms with van der Waals surface area (Å²) in [6.45, 7) is 0.987. The van der Waals surface area contributed by atoms with Gasteiger partial charge in [0, 0.05) is 11.8 Å². The number of nitrogens with one attached hydrogen (secondary N) is 1. The molecule has 5 unspecified atom stereocenters. The monoisotopic (exact) mass is 350 g/mol. The van der Waals surface area contributed by atoms with Crippen LogP contribution in [0.3, 0.4) is 0 Å². The van der Waals surface area contributed by atoms with Gasteiger partial charge in [0.15, 0.2) is 6.23 Å². The first-order valence-electron chi connectivity index (χ1n) is 6.67. The fourth-order valence-corrected chi connectivity index (χ4v) is 3.22. The SMILES string of the molecule is Cc1cn(C2OC(CO)C3OC(P(=O)(O)O)OC32)c(=O)[nH]c1=O. The molecule has 2 aliphatic rings. The summed E-state index contributed by atoms with van der Waals surface area (Å²) in [5, 5.41) is 9.34. The van der Waals surface area contributed by atoms with Crippen LogP contribution < -0.4 is 11.2 Å². The lowest BCUT2D eigenvalue weighted by Crippen LogP contribution is -2.37. The lowest BCUT2D eigenvalue weighted by Gasteiger charge is -2.21. The van der Waals surface area contributed by atoms with E-state index in [1.807, 2.05) is 0 Å². The zero-order valence-electron chi connectivity index (χ0n) is 11.9. The Bertz CT molecular complexity index is 767. The second-order valence-corrected chi connectivity index (χ2v) is 6.92. The summed E-state index contributed by atoms with van der Waals surface area (Å²) in [6.07, 6.45) is -2.76. The van der Waals surface area contributed by atoms with E-state index in [1.54, 1.807) is 0 Å². The third-order valence-corrected chi connectivity index (χ3v) is 4.50. The maximum absolute atomic E-state index is 12.0. The molecule has 1 aromatic rings. The molecule has 0 aliphatic carbocycles. The molecular formula is C11H15N2O9P. The third-order valence-electron chi connectivity index (χ3n) is 3.71. The smallest absolute Gasteiger partial charge is 0.381 e. The highest BCUT2D eigenvalue weighted by Crippen LogP contribution is 2.51. The average molecular weight is 350 g/mol. The molecular weight excluding hydrogens is 335 g/mol. The molecule has 0 amide bonds. The first-order chi connectivity index (χ1) is 10.7. The number of aliphatic hydroxyl groups is 1. The van der Waals surface area contributed by atoms with Gasteiger partial charge in [-0.05, 0) is 6.92 Å². The van der Waals surface area contributed by atoms with Crippen molar-refractivity contribution in [1.29, 1.82) is 0 Å². The lowest BCUT2D eigenvalue weighted by atomic mass is 10.1. The van der Waals surface area contributed by atoms with Crippen molar-refractivity contribution >= 4 is 7.60 Å². The molecule has 4 N–H and O–H groups in total. The Morgan fingerprint density at radius 3 is 2.52 bits per heavy atom. The molecule has 23 heavy (non-hydrogen) atoms. The van der Waals surface area contributed by atoms with E-state index in [1.165, 1.54) is 13.1 Å². The fourth-order valence-electron chi connectivity index (χ4n) is 2.62. The predicted octanol–water partition coefficient (Wildman–Crippen LogP) is -2.02. The second-order valence-electron chi connectivity index (χ2n) is 5.32. The molecule has 3 rings (SSSR count). The van der Waals surface area contributed by atoms with Gasteiger partial charge >= 0.3 is 13.3 Å². The summed E-state index contributed by atoms with van der Waals surface area (Å²) < 4.78 is 28.2. The van der Waals surface area contributed by atoms with Gasteiger partial charge in [0.05, 0.1) is 6.61 Å². The highest BCUT2D eigenvalue weighted by molar-refractivity contribution is 7.52. The Labute approximate surface area is 128 Å². The first-order valence-corrected chi connectivity index (χ1v) is 8.35.